The van der Waals surface area contributed by atoms with E-state index in [0.29, 0.717) is 48.5 Å². The SMILES string of the molecule is CCC1OC(=O)C(C)C(=O)C(C)CC(C)(OC)CC(C)C(=O)C(C)C2C(SCCCCn3cnc4c(N)ncnc43)C(=O)OC12C. The lowest BCUT2D eigenvalue weighted by atomic mass is 9.70. The number of Topliss-reactive ketones (excluding diaryl/α,β-unsaturated/α-hetero) is 2. The highest BCUT2D eigenvalue weighted by Gasteiger charge is 2.61. The van der Waals surface area contributed by atoms with Gasteiger partial charge in [-0.2, -0.15) is 0 Å². The number of ether oxygens (including phenoxy) is 3. The predicted octanol–water partition coefficient (Wildman–Crippen LogP) is 4.43. The highest BCUT2D eigenvalue weighted by atomic mass is 32.2. The fraction of sp³-hybridized carbons (Fsp3) is 0.727. The molecule has 0 spiro atoms. The zero-order valence-electron chi connectivity index (χ0n) is 28.3. The minimum absolute atomic E-state index is 0.0118. The van der Waals surface area contributed by atoms with E-state index in [2.05, 4.69) is 15.0 Å². The lowest BCUT2D eigenvalue weighted by Crippen LogP contribution is -2.53. The number of carbonyl (C=O) groups excluding carboxylic acids is 4. The first-order valence-corrected chi connectivity index (χ1v) is 17.3. The monoisotopic (exact) mass is 659 g/mol. The fourth-order valence-corrected chi connectivity index (χ4v) is 8.94. The average molecular weight is 660 g/mol. The van der Waals surface area contributed by atoms with E-state index in [4.69, 9.17) is 19.9 Å². The Morgan fingerprint density at radius 3 is 2.33 bits per heavy atom. The van der Waals surface area contributed by atoms with Crippen molar-refractivity contribution in [3.8, 4) is 0 Å². The number of aromatic nitrogens is 4. The van der Waals surface area contributed by atoms with Crippen molar-refractivity contribution in [1.29, 1.82) is 0 Å². The van der Waals surface area contributed by atoms with Crippen molar-refractivity contribution in [1.82, 2.24) is 19.5 Å². The van der Waals surface area contributed by atoms with Gasteiger partial charge in [0, 0.05) is 37.3 Å². The lowest BCUT2D eigenvalue weighted by Gasteiger charge is -2.41. The summed E-state index contributed by atoms with van der Waals surface area (Å²) in [7, 11) is 1.58. The molecule has 0 radical (unpaired) electrons. The average Bonchev–Trinajstić information content (AvgIpc) is 3.55. The van der Waals surface area contributed by atoms with Gasteiger partial charge in [-0.05, 0) is 58.6 Å². The number of nitrogens with zero attached hydrogens (tertiary/aromatic N) is 4. The minimum atomic E-state index is -1.26. The highest BCUT2D eigenvalue weighted by molar-refractivity contribution is 8.00. The molecule has 2 aliphatic rings. The molecule has 0 amide bonds. The van der Waals surface area contributed by atoms with Gasteiger partial charge in [0.1, 0.15) is 40.7 Å². The van der Waals surface area contributed by atoms with Gasteiger partial charge in [0.2, 0.25) is 0 Å². The normalized spacial score (nSPS) is 34.7. The number of anilines is 1. The Balaban J connectivity index is 1.57. The smallest absolute Gasteiger partial charge is 0.320 e. The number of cyclic esters (lactones) is 1. The minimum Gasteiger partial charge on any atom is -0.458 e. The van der Waals surface area contributed by atoms with Crippen LogP contribution >= 0.6 is 11.8 Å². The quantitative estimate of drug-likeness (QED) is 0.241. The van der Waals surface area contributed by atoms with E-state index in [0.717, 1.165) is 12.8 Å². The largest absolute Gasteiger partial charge is 0.458 e. The summed E-state index contributed by atoms with van der Waals surface area (Å²) in [6.45, 7) is 13.3. The number of hydrogen-bond acceptors (Lipinski definition) is 12. The third-order valence-electron chi connectivity index (χ3n) is 10.0. The number of unbranched alkanes of at least 4 members (excludes halogenated alkanes) is 1. The van der Waals surface area contributed by atoms with Crippen molar-refractivity contribution < 1.29 is 33.4 Å². The Bertz CT molecular complexity index is 1450. The molecule has 0 bridgehead atoms. The fourth-order valence-electron chi connectivity index (χ4n) is 7.42. The van der Waals surface area contributed by atoms with Crippen LogP contribution in [0.3, 0.4) is 0 Å². The number of nitrogen functional groups attached to an aromatic ring is 1. The van der Waals surface area contributed by atoms with E-state index in [1.165, 1.54) is 18.1 Å². The molecule has 2 aromatic rings. The Hall–Kier alpha value is -3.06. The lowest BCUT2D eigenvalue weighted by molar-refractivity contribution is -0.183. The first-order chi connectivity index (χ1) is 21.7. The van der Waals surface area contributed by atoms with Gasteiger partial charge < -0.3 is 24.5 Å². The third kappa shape index (κ3) is 7.10. The van der Waals surface area contributed by atoms with Crippen LogP contribution in [0, 0.1) is 29.6 Å². The molecule has 0 aromatic carbocycles. The van der Waals surface area contributed by atoms with Crippen LogP contribution in [-0.2, 0) is 39.9 Å². The van der Waals surface area contributed by atoms with Gasteiger partial charge in [-0.25, -0.2) is 15.0 Å². The first kappa shape index (κ1) is 35.8. The standard InChI is InChI=1S/C33H49N5O7S/c1-9-22-33(7)23(20(4)25(39)18(2)14-32(6,43-8)15-19(3)26(40)21(5)30(41)44-22)27(31(42)45-33)46-13-11-10-12-38-17-37-24-28(34)35-16-36-29(24)38/h16-23,27H,9-15H2,1-8H3,(H2,34,35,36). The molecular formula is C33H49N5O7S. The number of hydrogen-bond donors (Lipinski definition) is 1. The molecule has 254 valence electrons. The van der Waals surface area contributed by atoms with Crippen molar-refractivity contribution in [2.45, 2.75) is 110 Å². The number of thioether (sulfide) groups is 1. The second-order valence-electron chi connectivity index (χ2n) is 13.5. The summed E-state index contributed by atoms with van der Waals surface area (Å²) >= 11 is 1.47. The van der Waals surface area contributed by atoms with Crippen LogP contribution in [0.5, 0.6) is 0 Å². The maximum Gasteiger partial charge on any atom is 0.320 e. The third-order valence-corrected chi connectivity index (χ3v) is 11.4. The zero-order chi connectivity index (χ0) is 34.0. The maximum absolute atomic E-state index is 14.1. The molecule has 12 nitrogen and oxygen atoms in total. The molecule has 2 saturated heterocycles. The molecule has 2 aliphatic heterocycles. The van der Waals surface area contributed by atoms with Crippen molar-refractivity contribution >= 4 is 52.2 Å². The first-order valence-electron chi connectivity index (χ1n) is 16.3. The van der Waals surface area contributed by atoms with Crippen molar-refractivity contribution in [2.75, 3.05) is 18.6 Å². The van der Waals surface area contributed by atoms with Gasteiger partial charge in [-0.15, -0.1) is 11.8 Å². The Labute approximate surface area is 275 Å². The van der Waals surface area contributed by atoms with E-state index >= 15 is 0 Å². The van der Waals surface area contributed by atoms with Gasteiger partial charge in [0.25, 0.3) is 0 Å². The van der Waals surface area contributed by atoms with Gasteiger partial charge >= 0.3 is 11.9 Å². The molecule has 2 N–H and O–H groups in total. The van der Waals surface area contributed by atoms with Crippen LogP contribution < -0.4 is 5.73 Å². The van der Waals surface area contributed by atoms with Crippen molar-refractivity contribution in [2.24, 2.45) is 29.6 Å². The number of fused-ring (bicyclic) bond motifs is 2. The number of esters is 2. The van der Waals surface area contributed by atoms with E-state index in [9.17, 15) is 19.2 Å². The second-order valence-corrected chi connectivity index (χ2v) is 14.8. The highest BCUT2D eigenvalue weighted by Crippen LogP contribution is 2.48. The molecule has 0 saturated carbocycles. The van der Waals surface area contributed by atoms with Gasteiger partial charge in [-0.1, -0.05) is 27.7 Å². The van der Waals surface area contributed by atoms with E-state index < -0.39 is 64.1 Å². The molecule has 4 rings (SSSR count). The number of nitrogens with two attached hydrogens (primary N) is 1. The van der Waals surface area contributed by atoms with Crippen LogP contribution in [0.4, 0.5) is 5.82 Å². The summed E-state index contributed by atoms with van der Waals surface area (Å²) in [6, 6.07) is 0. The predicted molar refractivity (Wildman–Crippen MR) is 175 cm³/mol. The molecular weight excluding hydrogens is 610 g/mol. The van der Waals surface area contributed by atoms with Crippen LogP contribution in [0.15, 0.2) is 12.7 Å². The number of imidazole rings is 1. The summed E-state index contributed by atoms with van der Waals surface area (Å²) in [5.74, 6) is -3.36. The molecule has 2 aromatic heterocycles. The topological polar surface area (TPSA) is 166 Å². The van der Waals surface area contributed by atoms with E-state index in [1.54, 1.807) is 34.2 Å². The molecule has 4 heterocycles. The molecule has 0 aliphatic carbocycles. The number of rotatable bonds is 8. The summed E-state index contributed by atoms with van der Waals surface area (Å²) < 4.78 is 19.9. The Kier molecular flexibility index (Phi) is 11.2. The number of ketones is 2. The molecule has 9 atom stereocenters. The van der Waals surface area contributed by atoms with Gasteiger partial charge in [0.05, 0.1) is 11.9 Å². The molecule has 13 heteroatoms. The Morgan fingerprint density at radius 2 is 1.67 bits per heavy atom. The van der Waals surface area contributed by atoms with Crippen LogP contribution in [-0.4, -0.2) is 78.4 Å². The van der Waals surface area contributed by atoms with Crippen LogP contribution in [0.2, 0.25) is 0 Å². The van der Waals surface area contributed by atoms with Crippen LogP contribution in [0.25, 0.3) is 11.2 Å². The molecule has 9 unspecified atom stereocenters. The molecule has 2 fully saturated rings. The van der Waals surface area contributed by atoms with E-state index in [1.807, 2.05) is 32.3 Å². The number of carbonyl (C=O) groups is 4. The van der Waals surface area contributed by atoms with Crippen molar-refractivity contribution in [3.05, 3.63) is 12.7 Å². The second kappa shape index (κ2) is 14.4. The van der Waals surface area contributed by atoms with E-state index in [-0.39, 0.29) is 11.6 Å². The summed E-state index contributed by atoms with van der Waals surface area (Å²) in [6.07, 6.45) is 4.98. The summed E-state index contributed by atoms with van der Waals surface area (Å²) in [5, 5.41) is -0.633. The summed E-state index contributed by atoms with van der Waals surface area (Å²) in [5.41, 5.74) is 5.13. The number of aryl methyl sites for hydroxylation is 1. The zero-order valence-corrected chi connectivity index (χ0v) is 29.1. The van der Waals surface area contributed by atoms with Gasteiger partial charge in [0.15, 0.2) is 17.1 Å². The summed E-state index contributed by atoms with van der Waals surface area (Å²) in [4.78, 5) is 67.0. The maximum atomic E-state index is 14.1. The van der Waals surface area contributed by atoms with Gasteiger partial charge in [-0.3, -0.25) is 19.2 Å². The van der Waals surface area contributed by atoms with Crippen LogP contribution in [0.1, 0.15) is 80.6 Å². The molecule has 46 heavy (non-hydrogen) atoms. The Morgan fingerprint density at radius 1 is 1.00 bits per heavy atom. The van der Waals surface area contributed by atoms with Crippen molar-refractivity contribution in [3.63, 3.8) is 0 Å². The number of methoxy groups -OCH3 is 1.